The van der Waals surface area contributed by atoms with Crippen LogP contribution in [0.3, 0.4) is 0 Å². The summed E-state index contributed by atoms with van der Waals surface area (Å²) < 4.78 is 47.6. The van der Waals surface area contributed by atoms with E-state index in [9.17, 15) is 13.2 Å². The summed E-state index contributed by atoms with van der Waals surface area (Å²) in [7, 11) is 0. The Bertz CT molecular complexity index is 763. The summed E-state index contributed by atoms with van der Waals surface area (Å²) in [5.74, 6) is 0.301. The molecule has 2 N–H and O–H groups in total. The number of hydrogen-bond acceptors (Lipinski definition) is 5. The Hall–Kier alpha value is -2.77. The molecule has 0 unspecified atom stereocenters. The molecule has 0 aliphatic heterocycles. The monoisotopic (exact) mass is 295 g/mol. The highest BCUT2D eigenvalue weighted by Gasteiger charge is 2.31. The van der Waals surface area contributed by atoms with Crippen LogP contribution in [0.1, 0.15) is 5.56 Å². The summed E-state index contributed by atoms with van der Waals surface area (Å²) in [6.45, 7) is 0. The van der Waals surface area contributed by atoms with Crippen LogP contribution in [-0.2, 0) is 6.18 Å². The minimum atomic E-state index is -4.45. The van der Waals surface area contributed by atoms with Crippen LogP contribution >= 0.6 is 0 Å². The van der Waals surface area contributed by atoms with Gasteiger partial charge in [-0.15, -0.1) is 0 Å². The third-order valence-electron chi connectivity index (χ3n) is 2.81. The number of furan rings is 1. The maximum Gasteiger partial charge on any atom is 0.416 e. The topological polar surface area (TPSA) is 78.1 Å². The zero-order chi connectivity index (χ0) is 15.0. The van der Waals surface area contributed by atoms with Gasteiger partial charge in [-0.1, -0.05) is 5.16 Å². The maximum atomic E-state index is 12.6. The fourth-order valence-electron chi connectivity index (χ4n) is 1.78. The number of aromatic nitrogens is 2. The standard InChI is InChI=1S/C13H8F3N3O2/c14-13(15,16)8-1-2-9(10(17)5-8)12-18-11(19-21-12)7-3-4-20-6-7/h1-6H,17H2. The third-order valence-corrected chi connectivity index (χ3v) is 2.81. The summed E-state index contributed by atoms with van der Waals surface area (Å²) in [4.78, 5) is 4.08. The average molecular weight is 295 g/mol. The Labute approximate surface area is 116 Å². The van der Waals surface area contributed by atoms with Crippen LogP contribution in [0.25, 0.3) is 22.8 Å². The molecule has 0 spiro atoms. The van der Waals surface area contributed by atoms with Gasteiger partial charge in [-0.05, 0) is 24.3 Å². The largest absolute Gasteiger partial charge is 0.472 e. The molecule has 2 aromatic heterocycles. The second-order valence-electron chi connectivity index (χ2n) is 4.23. The molecular formula is C13H8F3N3O2. The first-order valence-electron chi connectivity index (χ1n) is 5.78. The molecule has 0 saturated carbocycles. The van der Waals surface area contributed by atoms with E-state index in [4.69, 9.17) is 14.7 Å². The Morgan fingerprint density at radius 1 is 1.14 bits per heavy atom. The van der Waals surface area contributed by atoms with Gasteiger partial charge in [-0.2, -0.15) is 18.2 Å². The van der Waals surface area contributed by atoms with Gasteiger partial charge < -0.3 is 14.7 Å². The van der Waals surface area contributed by atoms with Crippen LogP contribution in [0.5, 0.6) is 0 Å². The van der Waals surface area contributed by atoms with Gasteiger partial charge >= 0.3 is 6.18 Å². The van der Waals surface area contributed by atoms with E-state index in [2.05, 4.69) is 10.1 Å². The van der Waals surface area contributed by atoms with Gasteiger partial charge in [0.15, 0.2) is 0 Å². The van der Waals surface area contributed by atoms with Crippen LogP contribution in [0.2, 0.25) is 0 Å². The van der Waals surface area contributed by atoms with Crippen molar-refractivity contribution in [1.29, 1.82) is 0 Å². The number of anilines is 1. The van der Waals surface area contributed by atoms with Crippen molar-refractivity contribution in [3.63, 3.8) is 0 Å². The molecule has 0 amide bonds. The Morgan fingerprint density at radius 2 is 1.95 bits per heavy atom. The predicted molar refractivity (Wildman–Crippen MR) is 66.9 cm³/mol. The number of alkyl halides is 3. The van der Waals surface area contributed by atoms with Crippen LogP contribution < -0.4 is 5.73 Å². The van der Waals surface area contributed by atoms with Crippen molar-refractivity contribution in [2.75, 3.05) is 5.73 Å². The number of nitrogens with two attached hydrogens (primary N) is 1. The SMILES string of the molecule is Nc1cc(C(F)(F)F)ccc1-c1nc(-c2ccoc2)no1. The van der Waals surface area contributed by atoms with Gasteiger partial charge in [-0.3, -0.25) is 0 Å². The van der Waals surface area contributed by atoms with Crippen molar-refractivity contribution in [2.24, 2.45) is 0 Å². The minimum absolute atomic E-state index is 0.0393. The molecule has 3 aromatic rings. The molecular weight excluding hydrogens is 287 g/mol. The van der Waals surface area contributed by atoms with Gasteiger partial charge in [0.25, 0.3) is 5.89 Å². The van der Waals surface area contributed by atoms with E-state index in [1.807, 2.05) is 0 Å². The highest BCUT2D eigenvalue weighted by molar-refractivity contribution is 5.72. The smallest absolute Gasteiger partial charge is 0.416 e. The van der Waals surface area contributed by atoms with Gasteiger partial charge in [-0.25, -0.2) is 0 Å². The van der Waals surface area contributed by atoms with Crippen molar-refractivity contribution in [2.45, 2.75) is 6.18 Å². The van der Waals surface area contributed by atoms with E-state index in [1.165, 1.54) is 18.6 Å². The fourth-order valence-corrected chi connectivity index (χ4v) is 1.78. The van der Waals surface area contributed by atoms with Crippen LogP contribution in [0.4, 0.5) is 18.9 Å². The number of hydrogen-bond donors (Lipinski definition) is 1. The molecule has 0 atom stereocenters. The second-order valence-corrected chi connectivity index (χ2v) is 4.23. The molecule has 0 radical (unpaired) electrons. The molecule has 0 aliphatic rings. The van der Waals surface area contributed by atoms with E-state index in [1.54, 1.807) is 6.07 Å². The van der Waals surface area contributed by atoms with Crippen molar-refractivity contribution >= 4 is 5.69 Å². The molecule has 5 nitrogen and oxygen atoms in total. The maximum absolute atomic E-state index is 12.6. The van der Waals surface area contributed by atoms with Gasteiger partial charge in [0.1, 0.15) is 6.26 Å². The quantitative estimate of drug-likeness (QED) is 0.731. The van der Waals surface area contributed by atoms with Gasteiger partial charge in [0.05, 0.1) is 23.0 Å². The summed E-state index contributed by atoms with van der Waals surface area (Å²) in [6.07, 6.45) is -1.59. The summed E-state index contributed by atoms with van der Waals surface area (Å²) >= 11 is 0. The van der Waals surface area contributed by atoms with Gasteiger partial charge in [0, 0.05) is 5.69 Å². The molecule has 0 saturated heterocycles. The zero-order valence-corrected chi connectivity index (χ0v) is 10.4. The Morgan fingerprint density at radius 3 is 2.57 bits per heavy atom. The molecule has 0 fully saturated rings. The molecule has 21 heavy (non-hydrogen) atoms. The average Bonchev–Trinajstić information content (AvgIpc) is 3.08. The second kappa shape index (κ2) is 4.65. The highest BCUT2D eigenvalue weighted by atomic mass is 19.4. The predicted octanol–water partition coefficient (Wildman–Crippen LogP) is 3.60. The Balaban J connectivity index is 1.98. The highest BCUT2D eigenvalue weighted by Crippen LogP contribution is 2.34. The first-order chi connectivity index (χ1) is 9.95. The molecule has 3 rings (SSSR count). The minimum Gasteiger partial charge on any atom is -0.472 e. The van der Waals surface area contributed by atoms with E-state index in [0.717, 1.165) is 12.1 Å². The Kier molecular flexibility index (Phi) is 2.93. The van der Waals surface area contributed by atoms with Crippen molar-refractivity contribution in [3.8, 4) is 22.8 Å². The summed E-state index contributed by atoms with van der Waals surface area (Å²) in [5, 5.41) is 3.72. The number of nitrogen functional groups attached to an aromatic ring is 1. The van der Waals surface area contributed by atoms with E-state index in [0.29, 0.717) is 5.56 Å². The summed E-state index contributed by atoms with van der Waals surface area (Å²) in [6, 6.07) is 4.57. The lowest BCUT2D eigenvalue weighted by molar-refractivity contribution is -0.137. The number of nitrogens with zero attached hydrogens (tertiary/aromatic N) is 2. The van der Waals surface area contributed by atoms with Gasteiger partial charge in [0.2, 0.25) is 5.82 Å². The van der Waals surface area contributed by atoms with Crippen LogP contribution in [0.15, 0.2) is 45.7 Å². The lowest BCUT2D eigenvalue weighted by Crippen LogP contribution is -2.06. The molecule has 0 bridgehead atoms. The number of halogens is 3. The third kappa shape index (κ3) is 2.47. The first-order valence-corrected chi connectivity index (χ1v) is 5.78. The zero-order valence-electron chi connectivity index (χ0n) is 10.4. The fraction of sp³-hybridized carbons (Fsp3) is 0.0769. The molecule has 8 heteroatoms. The lowest BCUT2D eigenvalue weighted by Gasteiger charge is -2.08. The van der Waals surface area contributed by atoms with Crippen molar-refractivity contribution in [1.82, 2.24) is 10.1 Å². The molecule has 0 aliphatic carbocycles. The lowest BCUT2D eigenvalue weighted by atomic mass is 10.1. The molecule has 1 aromatic carbocycles. The van der Waals surface area contributed by atoms with Crippen molar-refractivity contribution < 1.29 is 22.1 Å². The van der Waals surface area contributed by atoms with E-state index in [-0.39, 0.29) is 23.0 Å². The molecule has 108 valence electrons. The van der Waals surface area contributed by atoms with E-state index < -0.39 is 11.7 Å². The van der Waals surface area contributed by atoms with Crippen molar-refractivity contribution in [3.05, 3.63) is 42.4 Å². The van der Waals surface area contributed by atoms with E-state index >= 15 is 0 Å². The summed E-state index contributed by atoms with van der Waals surface area (Å²) in [5.41, 5.74) is 5.54. The molecule has 2 heterocycles. The number of benzene rings is 1. The van der Waals surface area contributed by atoms with Crippen LogP contribution in [-0.4, -0.2) is 10.1 Å². The normalized spacial score (nSPS) is 11.8. The number of rotatable bonds is 2. The first kappa shape index (κ1) is 13.2. The van der Waals surface area contributed by atoms with Crippen LogP contribution in [0, 0.1) is 0 Å².